The summed E-state index contributed by atoms with van der Waals surface area (Å²) >= 11 is 13.8. The fourth-order valence-corrected chi connectivity index (χ4v) is 3.41. The summed E-state index contributed by atoms with van der Waals surface area (Å²) in [5.41, 5.74) is 3.22. The van der Waals surface area contributed by atoms with Gasteiger partial charge in [-0.1, -0.05) is 11.6 Å². The average molecular weight is 311 g/mol. The van der Waals surface area contributed by atoms with E-state index in [1.807, 2.05) is 18.2 Å². The van der Waals surface area contributed by atoms with Crippen LogP contribution in [0, 0.1) is 0 Å². The molecule has 0 radical (unpaired) electrons. The molecule has 0 bridgehead atoms. The normalized spacial score (nSPS) is 13.0. The van der Waals surface area contributed by atoms with Crippen LogP contribution in [0.15, 0.2) is 35.0 Å². The van der Waals surface area contributed by atoms with Crippen molar-refractivity contribution in [3.8, 4) is 0 Å². The lowest BCUT2D eigenvalue weighted by molar-refractivity contribution is 0.636. The summed E-state index contributed by atoms with van der Waals surface area (Å²) in [5.74, 6) is 1.26. The molecule has 1 unspecified atom stereocenters. The Morgan fingerprint density at radius 2 is 2.21 bits per heavy atom. The first kappa shape index (κ1) is 13.0. The van der Waals surface area contributed by atoms with E-state index in [1.165, 1.54) is 5.56 Å². The van der Waals surface area contributed by atoms with Crippen LogP contribution in [-0.4, -0.2) is 9.55 Å². The number of nitrogens with zero attached hydrogens (tertiary/aromatic N) is 2. The van der Waals surface area contributed by atoms with E-state index in [2.05, 4.69) is 33.3 Å². The zero-order valence-corrected chi connectivity index (χ0v) is 12.6. The van der Waals surface area contributed by atoms with E-state index in [0.29, 0.717) is 10.9 Å². The molecule has 3 aromatic rings. The minimum absolute atomic E-state index is 0.198. The smallest absolute Gasteiger partial charge is 0.125 e. The van der Waals surface area contributed by atoms with Crippen LogP contribution in [0.2, 0.25) is 5.02 Å². The maximum Gasteiger partial charge on any atom is 0.125 e. The van der Waals surface area contributed by atoms with Gasteiger partial charge in [-0.05, 0) is 47.5 Å². The molecular weight excluding hydrogens is 299 g/mol. The average Bonchev–Trinajstić information content (AvgIpc) is 3.04. The standard InChI is InChI=1S/C14H12Cl2N2S/c1-9(10-4-5-19-8-10)18-13-6-11(16)2-3-12(13)17-14(18)7-15/h2-6,8-9H,7H2,1H3. The number of hydrogen-bond acceptors (Lipinski definition) is 2. The Morgan fingerprint density at radius 3 is 2.89 bits per heavy atom. The molecule has 0 aliphatic rings. The molecule has 0 saturated carbocycles. The zero-order chi connectivity index (χ0) is 13.4. The molecule has 0 amide bonds. The maximum atomic E-state index is 6.10. The quantitative estimate of drug-likeness (QED) is 0.615. The molecule has 2 aromatic heterocycles. The zero-order valence-electron chi connectivity index (χ0n) is 10.3. The van der Waals surface area contributed by atoms with Crippen molar-refractivity contribution in [1.82, 2.24) is 9.55 Å². The van der Waals surface area contributed by atoms with Crippen molar-refractivity contribution in [1.29, 1.82) is 0 Å². The van der Waals surface area contributed by atoms with E-state index in [-0.39, 0.29) is 6.04 Å². The van der Waals surface area contributed by atoms with Crippen LogP contribution in [0.4, 0.5) is 0 Å². The summed E-state index contributed by atoms with van der Waals surface area (Å²) in [7, 11) is 0. The van der Waals surface area contributed by atoms with Gasteiger partial charge in [0.15, 0.2) is 0 Å². The predicted octanol–water partition coefficient (Wildman–Crippen LogP) is 5.10. The van der Waals surface area contributed by atoms with Gasteiger partial charge in [0.1, 0.15) is 5.82 Å². The molecule has 98 valence electrons. The van der Waals surface area contributed by atoms with Crippen molar-refractivity contribution in [3.63, 3.8) is 0 Å². The molecule has 0 saturated heterocycles. The van der Waals surface area contributed by atoms with Gasteiger partial charge in [0, 0.05) is 5.02 Å². The van der Waals surface area contributed by atoms with Crippen molar-refractivity contribution >= 4 is 45.6 Å². The monoisotopic (exact) mass is 310 g/mol. The lowest BCUT2D eigenvalue weighted by Gasteiger charge is -2.16. The number of aromatic nitrogens is 2. The highest BCUT2D eigenvalue weighted by atomic mass is 35.5. The van der Waals surface area contributed by atoms with Crippen molar-refractivity contribution in [2.75, 3.05) is 0 Å². The Morgan fingerprint density at radius 1 is 1.37 bits per heavy atom. The molecule has 3 rings (SSSR count). The van der Waals surface area contributed by atoms with Gasteiger partial charge in [0.25, 0.3) is 0 Å². The topological polar surface area (TPSA) is 17.8 Å². The highest BCUT2D eigenvalue weighted by Crippen LogP contribution is 2.29. The van der Waals surface area contributed by atoms with E-state index in [1.54, 1.807) is 11.3 Å². The van der Waals surface area contributed by atoms with Crippen LogP contribution in [0.1, 0.15) is 24.4 Å². The molecule has 0 aliphatic heterocycles. The fraction of sp³-hybridized carbons (Fsp3) is 0.214. The van der Waals surface area contributed by atoms with Gasteiger partial charge in [-0.2, -0.15) is 11.3 Å². The number of imidazole rings is 1. The molecule has 5 heteroatoms. The SMILES string of the molecule is CC(c1ccsc1)n1c(CCl)nc2ccc(Cl)cc21. The second-order valence-electron chi connectivity index (χ2n) is 4.40. The summed E-state index contributed by atoms with van der Waals surface area (Å²) in [4.78, 5) is 4.58. The fourth-order valence-electron chi connectivity index (χ4n) is 2.30. The van der Waals surface area contributed by atoms with E-state index in [4.69, 9.17) is 23.2 Å². The van der Waals surface area contributed by atoms with Gasteiger partial charge < -0.3 is 4.57 Å². The van der Waals surface area contributed by atoms with E-state index in [9.17, 15) is 0 Å². The highest BCUT2D eigenvalue weighted by molar-refractivity contribution is 7.07. The minimum Gasteiger partial charge on any atom is -0.320 e. The first-order valence-corrected chi connectivity index (χ1v) is 7.80. The lowest BCUT2D eigenvalue weighted by Crippen LogP contribution is -2.09. The summed E-state index contributed by atoms with van der Waals surface area (Å²) < 4.78 is 2.16. The molecule has 0 spiro atoms. The van der Waals surface area contributed by atoms with Crippen molar-refractivity contribution < 1.29 is 0 Å². The first-order valence-electron chi connectivity index (χ1n) is 5.95. The van der Waals surface area contributed by atoms with Gasteiger partial charge in [0.05, 0.1) is 23.0 Å². The van der Waals surface area contributed by atoms with Crippen LogP contribution in [0.25, 0.3) is 11.0 Å². The second kappa shape index (κ2) is 5.16. The summed E-state index contributed by atoms with van der Waals surface area (Å²) in [5, 5.41) is 4.95. The lowest BCUT2D eigenvalue weighted by atomic mass is 10.1. The van der Waals surface area contributed by atoms with Crippen LogP contribution in [-0.2, 0) is 5.88 Å². The number of hydrogen-bond donors (Lipinski definition) is 0. The number of thiophene rings is 1. The minimum atomic E-state index is 0.198. The van der Waals surface area contributed by atoms with Crippen molar-refractivity contribution in [2.24, 2.45) is 0 Å². The molecular formula is C14H12Cl2N2S. The Kier molecular flexibility index (Phi) is 3.52. The highest BCUT2D eigenvalue weighted by Gasteiger charge is 2.17. The van der Waals surface area contributed by atoms with Crippen molar-refractivity contribution in [3.05, 3.63) is 51.4 Å². The van der Waals surface area contributed by atoms with Crippen LogP contribution >= 0.6 is 34.5 Å². The van der Waals surface area contributed by atoms with Gasteiger partial charge in [-0.3, -0.25) is 0 Å². The van der Waals surface area contributed by atoms with Crippen LogP contribution in [0.3, 0.4) is 0 Å². The van der Waals surface area contributed by atoms with Gasteiger partial charge >= 0.3 is 0 Å². The molecule has 2 nitrogen and oxygen atoms in total. The third-order valence-corrected chi connectivity index (χ3v) is 4.43. The van der Waals surface area contributed by atoms with Gasteiger partial charge in [-0.25, -0.2) is 4.98 Å². The number of benzene rings is 1. The Labute approximate surface area is 125 Å². The van der Waals surface area contributed by atoms with E-state index >= 15 is 0 Å². The molecule has 0 aliphatic carbocycles. The number of halogens is 2. The predicted molar refractivity (Wildman–Crippen MR) is 82.4 cm³/mol. The van der Waals surface area contributed by atoms with Crippen LogP contribution < -0.4 is 0 Å². The van der Waals surface area contributed by atoms with E-state index in [0.717, 1.165) is 16.9 Å². The number of fused-ring (bicyclic) bond motifs is 1. The third kappa shape index (κ3) is 2.27. The number of rotatable bonds is 3. The summed E-state index contributed by atoms with van der Waals surface area (Å²) in [6.07, 6.45) is 0. The summed E-state index contributed by atoms with van der Waals surface area (Å²) in [6, 6.07) is 8.06. The summed E-state index contributed by atoms with van der Waals surface area (Å²) in [6.45, 7) is 2.15. The number of alkyl halides is 1. The molecule has 19 heavy (non-hydrogen) atoms. The molecule has 1 aromatic carbocycles. The van der Waals surface area contributed by atoms with E-state index < -0.39 is 0 Å². The van der Waals surface area contributed by atoms with Crippen molar-refractivity contribution in [2.45, 2.75) is 18.8 Å². The van der Waals surface area contributed by atoms with Gasteiger partial charge in [0.2, 0.25) is 0 Å². The van der Waals surface area contributed by atoms with Crippen LogP contribution in [0.5, 0.6) is 0 Å². The largest absolute Gasteiger partial charge is 0.320 e. The maximum absolute atomic E-state index is 6.10. The Balaban J connectivity index is 2.23. The van der Waals surface area contributed by atoms with Gasteiger partial charge in [-0.15, -0.1) is 11.6 Å². The molecule has 0 fully saturated rings. The third-order valence-electron chi connectivity index (χ3n) is 3.26. The molecule has 2 heterocycles. The Hall–Kier alpha value is -1.03. The Bertz CT molecular complexity index is 704. The first-order chi connectivity index (χ1) is 9.20. The molecule has 0 N–H and O–H groups in total. The molecule has 1 atom stereocenters. The second-order valence-corrected chi connectivity index (χ2v) is 5.88.